The molecule has 146 valence electrons. The summed E-state index contributed by atoms with van der Waals surface area (Å²) in [5.74, 6) is 0.197. The summed E-state index contributed by atoms with van der Waals surface area (Å²) in [5.41, 5.74) is 6.75. The summed E-state index contributed by atoms with van der Waals surface area (Å²) in [6.07, 6.45) is 6.10. The first-order valence-electron chi connectivity index (χ1n) is 9.01. The van der Waals surface area contributed by atoms with Crippen molar-refractivity contribution in [2.45, 2.75) is 57.5 Å². The average Bonchev–Trinajstić information content (AvgIpc) is 2.60. The van der Waals surface area contributed by atoms with Gasteiger partial charge in [-0.25, -0.2) is 0 Å². The predicted octanol–water partition coefficient (Wildman–Crippen LogP) is 3.35. The Morgan fingerprint density at radius 2 is 1.77 bits per heavy atom. The highest BCUT2D eigenvalue weighted by Crippen LogP contribution is 2.26. The molecule has 1 aromatic carbocycles. The van der Waals surface area contributed by atoms with Gasteiger partial charge in [0, 0.05) is 24.5 Å². The molecule has 0 radical (unpaired) electrons. The van der Waals surface area contributed by atoms with Gasteiger partial charge in [-0.2, -0.15) is 0 Å². The molecule has 0 aliphatic heterocycles. The first-order chi connectivity index (χ1) is 12.0. The second-order valence-electron chi connectivity index (χ2n) is 6.82. The zero-order valence-corrected chi connectivity index (χ0v) is 16.7. The van der Waals surface area contributed by atoms with Crippen molar-refractivity contribution in [2.75, 3.05) is 6.54 Å². The van der Waals surface area contributed by atoms with E-state index >= 15 is 0 Å². The molecule has 0 bridgehead atoms. The molecular formula is C19H29Cl2N3O2. The van der Waals surface area contributed by atoms with Gasteiger partial charge in [-0.1, -0.05) is 43.0 Å². The number of nitrogens with two attached hydrogens (primary N) is 1. The zero-order valence-electron chi connectivity index (χ0n) is 15.2. The third-order valence-corrected chi connectivity index (χ3v) is 5.11. The van der Waals surface area contributed by atoms with Crippen molar-refractivity contribution in [1.29, 1.82) is 0 Å². The zero-order chi connectivity index (χ0) is 18.2. The lowest BCUT2D eigenvalue weighted by molar-refractivity contribution is -0.123. The number of amides is 2. The highest BCUT2D eigenvalue weighted by Gasteiger charge is 2.25. The minimum absolute atomic E-state index is 0. The number of hydrogen-bond donors (Lipinski definition) is 3. The molecule has 2 atom stereocenters. The molecule has 1 aromatic rings. The quantitative estimate of drug-likeness (QED) is 0.654. The first-order valence-corrected chi connectivity index (χ1v) is 9.39. The molecule has 7 heteroatoms. The largest absolute Gasteiger partial charge is 0.352 e. The molecule has 0 aromatic heterocycles. The van der Waals surface area contributed by atoms with Gasteiger partial charge < -0.3 is 16.4 Å². The van der Waals surface area contributed by atoms with Crippen molar-refractivity contribution in [3.63, 3.8) is 0 Å². The van der Waals surface area contributed by atoms with Gasteiger partial charge in [-0.15, -0.1) is 12.4 Å². The number of rotatable bonds is 7. The number of hydrogen-bond acceptors (Lipinski definition) is 3. The Labute approximate surface area is 166 Å². The molecule has 4 N–H and O–H groups in total. The number of nitrogens with one attached hydrogen (secondary N) is 2. The molecule has 1 saturated carbocycles. The van der Waals surface area contributed by atoms with E-state index in [-0.39, 0.29) is 42.7 Å². The maximum atomic E-state index is 12.5. The second kappa shape index (κ2) is 11.4. The Bertz CT molecular complexity index is 575. The third-order valence-electron chi connectivity index (χ3n) is 4.86. The van der Waals surface area contributed by atoms with Crippen LogP contribution in [-0.4, -0.2) is 24.4 Å². The molecule has 1 aliphatic rings. The van der Waals surface area contributed by atoms with Gasteiger partial charge in [0.15, 0.2) is 0 Å². The highest BCUT2D eigenvalue weighted by molar-refractivity contribution is 6.30. The van der Waals surface area contributed by atoms with Gasteiger partial charge in [0.25, 0.3) is 0 Å². The van der Waals surface area contributed by atoms with Gasteiger partial charge in [-0.3, -0.25) is 9.59 Å². The van der Waals surface area contributed by atoms with Crippen LogP contribution in [0.5, 0.6) is 0 Å². The van der Waals surface area contributed by atoms with Crippen molar-refractivity contribution < 1.29 is 9.59 Å². The van der Waals surface area contributed by atoms with E-state index in [2.05, 4.69) is 10.6 Å². The standard InChI is InChI=1S/C19H28ClN3O2.ClH/c1-13(24)22-17(15-7-9-16(20)10-8-15)11-19(25)23-18(12-21)14-5-3-2-4-6-14;/h7-10,14,17-18H,2-6,11-12,21H2,1H3,(H,22,24)(H,23,25);1H. The molecule has 1 aliphatic carbocycles. The SMILES string of the molecule is CC(=O)NC(CC(=O)NC(CN)C1CCCCC1)c1ccc(Cl)cc1.Cl. The van der Waals surface area contributed by atoms with Crippen LogP contribution in [0.1, 0.15) is 57.1 Å². The molecular weight excluding hydrogens is 373 g/mol. The number of carbonyl (C=O) groups is 2. The van der Waals surface area contributed by atoms with Crippen LogP contribution in [0.15, 0.2) is 24.3 Å². The molecule has 2 amide bonds. The van der Waals surface area contributed by atoms with E-state index in [0.717, 1.165) is 18.4 Å². The van der Waals surface area contributed by atoms with E-state index in [4.69, 9.17) is 17.3 Å². The van der Waals surface area contributed by atoms with E-state index in [0.29, 0.717) is 17.5 Å². The van der Waals surface area contributed by atoms with Gasteiger partial charge in [0.1, 0.15) is 0 Å². The lowest BCUT2D eigenvalue weighted by Gasteiger charge is -2.30. The highest BCUT2D eigenvalue weighted by atomic mass is 35.5. The van der Waals surface area contributed by atoms with Crippen LogP contribution in [0.3, 0.4) is 0 Å². The van der Waals surface area contributed by atoms with Crippen molar-refractivity contribution in [3.8, 4) is 0 Å². The molecule has 1 fully saturated rings. The van der Waals surface area contributed by atoms with Gasteiger partial charge in [0.05, 0.1) is 12.5 Å². The van der Waals surface area contributed by atoms with Crippen molar-refractivity contribution in [2.24, 2.45) is 11.7 Å². The lowest BCUT2D eigenvalue weighted by atomic mass is 9.84. The first kappa shape index (κ1) is 22.7. The second-order valence-corrected chi connectivity index (χ2v) is 7.25. The monoisotopic (exact) mass is 401 g/mol. The Morgan fingerprint density at radius 1 is 1.15 bits per heavy atom. The fourth-order valence-electron chi connectivity index (χ4n) is 3.55. The van der Waals surface area contributed by atoms with E-state index < -0.39 is 0 Å². The van der Waals surface area contributed by atoms with Crippen LogP contribution in [0.2, 0.25) is 5.02 Å². The topological polar surface area (TPSA) is 84.2 Å². The van der Waals surface area contributed by atoms with Crippen molar-refractivity contribution in [3.05, 3.63) is 34.9 Å². The van der Waals surface area contributed by atoms with Gasteiger partial charge >= 0.3 is 0 Å². The summed E-state index contributed by atoms with van der Waals surface area (Å²) in [4.78, 5) is 24.1. The third kappa shape index (κ3) is 7.14. The summed E-state index contributed by atoms with van der Waals surface area (Å²) >= 11 is 5.92. The summed E-state index contributed by atoms with van der Waals surface area (Å²) in [6, 6.07) is 6.81. The van der Waals surface area contributed by atoms with E-state index in [1.54, 1.807) is 12.1 Å². The summed E-state index contributed by atoms with van der Waals surface area (Å²) < 4.78 is 0. The van der Waals surface area contributed by atoms with Crippen LogP contribution in [0.25, 0.3) is 0 Å². The fourth-order valence-corrected chi connectivity index (χ4v) is 3.68. The fraction of sp³-hybridized carbons (Fsp3) is 0.579. The van der Waals surface area contributed by atoms with E-state index in [9.17, 15) is 9.59 Å². The normalized spacial score (nSPS) is 16.9. The summed E-state index contributed by atoms with van der Waals surface area (Å²) in [6.45, 7) is 1.90. The molecule has 26 heavy (non-hydrogen) atoms. The molecule has 0 heterocycles. The molecule has 0 spiro atoms. The Morgan fingerprint density at radius 3 is 2.31 bits per heavy atom. The minimum atomic E-state index is -0.375. The Balaban J connectivity index is 0.00000338. The molecule has 2 rings (SSSR count). The van der Waals surface area contributed by atoms with Gasteiger partial charge in [0.2, 0.25) is 11.8 Å². The average molecular weight is 402 g/mol. The smallest absolute Gasteiger partial charge is 0.222 e. The van der Waals surface area contributed by atoms with Gasteiger partial charge in [-0.05, 0) is 36.5 Å². The van der Waals surface area contributed by atoms with Crippen LogP contribution < -0.4 is 16.4 Å². The Hall–Kier alpha value is -1.30. The molecule has 2 unspecified atom stereocenters. The van der Waals surface area contributed by atoms with Crippen molar-refractivity contribution in [1.82, 2.24) is 10.6 Å². The van der Waals surface area contributed by atoms with Crippen LogP contribution in [0, 0.1) is 5.92 Å². The lowest BCUT2D eigenvalue weighted by Crippen LogP contribution is -2.46. The predicted molar refractivity (Wildman–Crippen MR) is 107 cm³/mol. The number of benzene rings is 1. The van der Waals surface area contributed by atoms with Crippen LogP contribution in [-0.2, 0) is 9.59 Å². The molecule has 5 nitrogen and oxygen atoms in total. The maximum Gasteiger partial charge on any atom is 0.222 e. The summed E-state index contributed by atoms with van der Waals surface area (Å²) in [5, 5.41) is 6.54. The van der Waals surface area contributed by atoms with Crippen LogP contribution >= 0.6 is 24.0 Å². The number of carbonyl (C=O) groups excluding carboxylic acids is 2. The minimum Gasteiger partial charge on any atom is -0.352 e. The van der Waals surface area contributed by atoms with E-state index in [1.165, 1.54) is 26.2 Å². The number of halogens is 2. The van der Waals surface area contributed by atoms with Crippen molar-refractivity contribution >= 4 is 35.8 Å². The maximum absolute atomic E-state index is 12.5. The summed E-state index contributed by atoms with van der Waals surface area (Å²) in [7, 11) is 0. The van der Waals surface area contributed by atoms with Crippen LogP contribution in [0.4, 0.5) is 0 Å². The molecule has 0 saturated heterocycles. The Kier molecular flexibility index (Phi) is 9.99. The van der Waals surface area contributed by atoms with E-state index in [1.807, 2.05) is 12.1 Å².